The number of aromatic nitrogens is 1. The van der Waals surface area contributed by atoms with Crippen LogP contribution in [0.5, 0.6) is 0 Å². The Morgan fingerprint density at radius 1 is 1.33 bits per heavy atom. The highest BCUT2D eigenvalue weighted by atomic mass is 16.5. The molecule has 2 N–H and O–H groups in total. The minimum absolute atomic E-state index is 0.126. The fourth-order valence-corrected chi connectivity index (χ4v) is 1.45. The summed E-state index contributed by atoms with van der Waals surface area (Å²) in [6, 6.07) is 10.7. The van der Waals surface area contributed by atoms with E-state index in [1.165, 1.54) is 6.07 Å². The minimum Gasteiger partial charge on any atom is -0.478 e. The van der Waals surface area contributed by atoms with Crippen molar-refractivity contribution in [1.29, 1.82) is 0 Å². The Morgan fingerprint density at radius 2 is 2.00 bits per heavy atom. The molecule has 0 bridgehead atoms. The van der Waals surface area contributed by atoms with E-state index in [1.54, 1.807) is 0 Å². The van der Waals surface area contributed by atoms with Crippen molar-refractivity contribution in [3.8, 4) is 11.3 Å². The zero-order valence-corrected chi connectivity index (χ0v) is 9.41. The number of nitrogens with zero attached hydrogens (tertiary/aromatic N) is 1. The van der Waals surface area contributed by atoms with Gasteiger partial charge in [-0.1, -0.05) is 42.1 Å². The summed E-state index contributed by atoms with van der Waals surface area (Å²) >= 11 is 0. The average Bonchev–Trinajstić information content (AvgIpc) is 2.87. The van der Waals surface area contributed by atoms with Gasteiger partial charge in [-0.2, -0.15) is 0 Å². The molecule has 2 aromatic rings. The molecule has 0 saturated carbocycles. The molecule has 1 atom stereocenters. The molecule has 5 heteroatoms. The number of aliphatic hydroxyl groups is 1. The summed E-state index contributed by atoms with van der Waals surface area (Å²) < 4.78 is 5.06. The van der Waals surface area contributed by atoms with Gasteiger partial charge in [0.05, 0.1) is 5.57 Å². The molecule has 1 aromatic heterocycles. The number of aliphatic carboxylic acids is 1. The van der Waals surface area contributed by atoms with Crippen molar-refractivity contribution in [2.75, 3.05) is 0 Å². The summed E-state index contributed by atoms with van der Waals surface area (Å²) in [5.74, 6) is -0.811. The lowest BCUT2D eigenvalue weighted by Crippen LogP contribution is -2.09. The maximum Gasteiger partial charge on any atom is 0.334 e. The molecular weight excluding hydrogens is 234 g/mol. The van der Waals surface area contributed by atoms with Crippen molar-refractivity contribution < 1.29 is 19.5 Å². The van der Waals surface area contributed by atoms with Crippen molar-refractivity contribution in [3.05, 3.63) is 54.2 Å². The van der Waals surface area contributed by atoms with Gasteiger partial charge >= 0.3 is 5.97 Å². The van der Waals surface area contributed by atoms with E-state index >= 15 is 0 Å². The van der Waals surface area contributed by atoms with Crippen molar-refractivity contribution in [1.82, 2.24) is 5.16 Å². The summed E-state index contributed by atoms with van der Waals surface area (Å²) in [6.45, 7) is 3.28. The fraction of sp³-hybridized carbons (Fsp3) is 0.0769. The van der Waals surface area contributed by atoms with Crippen molar-refractivity contribution in [2.45, 2.75) is 6.10 Å². The molecule has 1 unspecified atom stereocenters. The number of hydrogen-bond acceptors (Lipinski definition) is 4. The number of carbonyl (C=O) groups is 1. The SMILES string of the molecule is C=C(C(=O)O)C(O)c1cc(-c2ccccc2)on1. The normalized spacial score (nSPS) is 12.1. The summed E-state index contributed by atoms with van der Waals surface area (Å²) in [5.41, 5.74) is 0.577. The van der Waals surface area contributed by atoms with Crippen LogP contribution < -0.4 is 0 Å². The maximum atomic E-state index is 10.7. The molecular formula is C13H11NO4. The predicted molar refractivity (Wildman–Crippen MR) is 63.7 cm³/mol. The van der Waals surface area contributed by atoms with Gasteiger partial charge in [-0.05, 0) is 0 Å². The average molecular weight is 245 g/mol. The van der Waals surface area contributed by atoms with E-state index in [-0.39, 0.29) is 11.3 Å². The van der Waals surface area contributed by atoms with Crippen molar-refractivity contribution >= 4 is 5.97 Å². The second-order valence-corrected chi connectivity index (χ2v) is 3.71. The van der Waals surface area contributed by atoms with E-state index in [0.29, 0.717) is 5.76 Å². The van der Waals surface area contributed by atoms with Crippen LogP contribution in [-0.4, -0.2) is 21.3 Å². The zero-order valence-electron chi connectivity index (χ0n) is 9.41. The first-order valence-corrected chi connectivity index (χ1v) is 5.22. The van der Waals surface area contributed by atoms with Crippen LogP contribution in [0.1, 0.15) is 11.8 Å². The third-order valence-corrected chi connectivity index (χ3v) is 2.47. The topological polar surface area (TPSA) is 83.6 Å². The lowest BCUT2D eigenvalue weighted by atomic mass is 10.1. The van der Waals surface area contributed by atoms with E-state index in [9.17, 15) is 9.90 Å². The van der Waals surface area contributed by atoms with Crippen LogP contribution in [0.15, 0.2) is 53.1 Å². The summed E-state index contributed by atoms with van der Waals surface area (Å²) in [4.78, 5) is 10.7. The molecule has 0 aliphatic rings. The highest BCUT2D eigenvalue weighted by Gasteiger charge is 2.21. The Bertz CT molecular complexity index is 574. The molecule has 0 amide bonds. The van der Waals surface area contributed by atoms with E-state index in [2.05, 4.69) is 11.7 Å². The van der Waals surface area contributed by atoms with Crippen LogP contribution in [0.4, 0.5) is 0 Å². The molecule has 0 aliphatic carbocycles. The fourth-order valence-electron chi connectivity index (χ4n) is 1.45. The third kappa shape index (κ3) is 2.31. The highest BCUT2D eigenvalue weighted by Crippen LogP contribution is 2.25. The van der Waals surface area contributed by atoms with Crippen LogP contribution in [0.25, 0.3) is 11.3 Å². The Kier molecular flexibility index (Phi) is 3.25. The minimum atomic E-state index is -1.37. The van der Waals surface area contributed by atoms with Gasteiger partial charge in [0, 0.05) is 11.6 Å². The quantitative estimate of drug-likeness (QED) is 0.805. The predicted octanol–water partition coefficient (Wildman–Crippen LogP) is 2.02. The van der Waals surface area contributed by atoms with E-state index in [4.69, 9.17) is 9.63 Å². The first kappa shape index (κ1) is 12.1. The van der Waals surface area contributed by atoms with Gasteiger partial charge in [0.2, 0.25) is 0 Å². The second-order valence-electron chi connectivity index (χ2n) is 3.71. The molecule has 0 fully saturated rings. The van der Waals surface area contributed by atoms with E-state index < -0.39 is 12.1 Å². The molecule has 18 heavy (non-hydrogen) atoms. The van der Waals surface area contributed by atoms with Crippen LogP contribution >= 0.6 is 0 Å². The van der Waals surface area contributed by atoms with Gasteiger partial charge in [0.25, 0.3) is 0 Å². The van der Waals surface area contributed by atoms with Gasteiger partial charge in [-0.15, -0.1) is 0 Å². The number of aliphatic hydroxyl groups excluding tert-OH is 1. The van der Waals surface area contributed by atoms with Crippen LogP contribution in [0.2, 0.25) is 0 Å². The highest BCUT2D eigenvalue weighted by molar-refractivity contribution is 5.87. The molecule has 2 rings (SSSR count). The Hall–Kier alpha value is -2.40. The van der Waals surface area contributed by atoms with Crippen LogP contribution in [0.3, 0.4) is 0 Å². The van der Waals surface area contributed by atoms with Gasteiger partial charge < -0.3 is 14.7 Å². The largest absolute Gasteiger partial charge is 0.478 e. The van der Waals surface area contributed by atoms with Gasteiger partial charge in [-0.3, -0.25) is 0 Å². The number of benzene rings is 1. The first-order valence-electron chi connectivity index (χ1n) is 5.22. The summed E-state index contributed by atoms with van der Waals surface area (Å²) in [7, 11) is 0. The zero-order chi connectivity index (χ0) is 13.1. The monoisotopic (exact) mass is 245 g/mol. The first-order chi connectivity index (χ1) is 8.59. The van der Waals surface area contributed by atoms with E-state index in [1.807, 2.05) is 30.3 Å². The Balaban J connectivity index is 2.26. The molecule has 92 valence electrons. The molecule has 0 aliphatic heterocycles. The summed E-state index contributed by atoms with van der Waals surface area (Å²) in [5, 5.41) is 22.1. The third-order valence-electron chi connectivity index (χ3n) is 2.47. The van der Waals surface area contributed by atoms with Gasteiger partial charge in [0.1, 0.15) is 11.8 Å². The number of carboxylic acids is 1. The summed E-state index contributed by atoms with van der Waals surface area (Å²) in [6.07, 6.45) is -1.37. The van der Waals surface area contributed by atoms with Crippen molar-refractivity contribution in [3.63, 3.8) is 0 Å². The number of rotatable bonds is 4. The standard InChI is InChI=1S/C13H11NO4/c1-8(13(16)17)12(15)10-7-11(18-14-10)9-5-3-2-4-6-9/h2-7,12,15H,1H2,(H,16,17). The van der Waals surface area contributed by atoms with Gasteiger partial charge in [0.15, 0.2) is 5.76 Å². The molecule has 0 spiro atoms. The lowest BCUT2D eigenvalue weighted by Gasteiger charge is -2.04. The number of carboxylic acid groups (broad SMARTS) is 1. The maximum absolute atomic E-state index is 10.7. The smallest absolute Gasteiger partial charge is 0.334 e. The molecule has 0 saturated heterocycles. The molecule has 0 radical (unpaired) electrons. The Morgan fingerprint density at radius 3 is 2.61 bits per heavy atom. The van der Waals surface area contributed by atoms with Crippen LogP contribution in [0, 0.1) is 0 Å². The van der Waals surface area contributed by atoms with Gasteiger partial charge in [-0.25, -0.2) is 4.79 Å². The number of hydrogen-bond donors (Lipinski definition) is 2. The lowest BCUT2D eigenvalue weighted by molar-refractivity contribution is -0.133. The molecule has 1 heterocycles. The molecule has 5 nitrogen and oxygen atoms in total. The Labute approximate surface area is 103 Å². The molecule has 1 aromatic carbocycles. The van der Waals surface area contributed by atoms with Crippen molar-refractivity contribution in [2.24, 2.45) is 0 Å². The van der Waals surface area contributed by atoms with E-state index in [0.717, 1.165) is 5.56 Å². The second kappa shape index (κ2) is 4.85. The van der Waals surface area contributed by atoms with Crippen LogP contribution in [-0.2, 0) is 4.79 Å².